The van der Waals surface area contributed by atoms with E-state index in [1.807, 2.05) is 167 Å². The van der Waals surface area contributed by atoms with Gasteiger partial charge in [0.05, 0.1) is 23.3 Å². The van der Waals surface area contributed by atoms with Gasteiger partial charge in [-0.3, -0.25) is 43.8 Å². The number of nitrogens with one attached hydrogen (secondary N) is 10. The minimum atomic E-state index is -4.43. The number of unbranched alkanes of at least 4 members (excludes halogenated alkanes) is 1. The lowest BCUT2D eigenvalue weighted by atomic mass is 9.77. The van der Waals surface area contributed by atoms with E-state index >= 15 is 28.8 Å². The highest BCUT2D eigenvalue weighted by Gasteiger charge is 2.44. The summed E-state index contributed by atoms with van der Waals surface area (Å²) in [5.74, 6) is -7.80. The standard InChI is InChI=1S/C109H136N14O19S/c1-71-72(2)94(73(3)83-57-58-108(13,14)141-93(71)83)143(135,136)120-102(110)111-60-36-51-84(114-91(124)67-121(15)104(134)138-69-77-42-26-18-27-43-77)95(126)117-87(65-92(125)140-106(7,8)9)98(129)116-86(62-75-53-55-82(56-54-75)139-105(4,5)6)97(128)115-85(50-34-35-59-112-103(133)142-107(10,11)12)96(127)118-88(64-81-66-122(70-113-81)109(78-44-28-19-29-45-78,79-46-30-20-31-47-79)80-48-32-21-33-49-80)100(131)123-61-37-52-90(123)99(130)119-89(63-74-38-22-16-23-39-74)101(132)137-68-76-40-24-17-25-41-76/h16-33,38-49,53-56,66,70,84-90H,34-37,50-52,57-65,67-69H2,1-15H3,(H,112,133)(H,114,124)(H,115,128)(H,116,129)(H,117,126)(H,118,127)(H,119,130)(H3,110,111,120)/t84-,85-,86-,87-,88-,89-,90-/m0/s1. The Morgan fingerprint density at radius 1 is 0.531 bits per heavy atom. The fourth-order valence-electron chi connectivity index (χ4n) is 17.4. The van der Waals surface area contributed by atoms with Crippen molar-refractivity contribution in [3.63, 3.8) is 0 Å². The van der Waals surface area contributed by atoms with E-state index in [1.165, 1.54) is 11.9 Å². The van der Waals surface area contributed by atoms with Gasteiger partial charge in [-0.05, 0) is 228 Å². The lowest BCUT2D eigenvalue weighted by Crippen LogP contribution is -2.60. The smallest absolute Gasteiger partial charge is 0.410 e. The van der Waals surface area contributed by atoms with Gasteiger partial charge >= 0.3 is 24.1 Å². The van der Waals surface area contributed by atoms with Crippen LogP contribution in [0.4, 0.5) is 9.59 Å². The summed E-state index contributed by atoms with van der Waals surface area (Å²) < 4.78 is 68.2. The number of aromatic nitrogens is 2. The predicted molar refractivity (Wildman–Crippen MR) is 541 cm³/mol. The third-order valence-electron chi connectivity index (χ3n) is 24.3. The van der Waals surface area contributed by atoms with Crippen molar-refractivity contribution in [2.24, 2.45) is 0 Å². The first-order valence-corrected chi connectivity index (χ1v) is 49.9. The van der Waals surface area contributed by atoms with E-state index in [2.05, 4.69) is 47.3 Å². The van der Waals surface area contributed by atoms with Crippen LogP contribution in [0, 0.1) is 26.2 Å². The first kappa shape index (κ1) is 109. The lowest BCUT2D eigenvalue weighted by Gasteiger charge is -2.37. The van der Waals surface area contributed by atoms with Gasteiger partial charge in [-0.1, -0.05) is 194 Å². The molecule has 34 heteroatoms. The van der Waals surface area contributed by atoms with Crippen LogP contribution < -0.4 is 56.7 Å². The third kappa shape index (κ3) is 31.5. The van der Waals surface area contributed by atoms with Crippen molar-refractivity contribution in [3.05, 3.63) is 286 Å². The maximum atomic E-state index is 16.3. The molecule has 0 bridgehead atoms. The number of carbonyl (C=O) groups is 11. The first-order valence-electron chi connectivity index (χ1n) is 48.4. The zero-order chi connectivity index (χ0) is 104. The highest BCUT2D eigenvalue weighted by Crippen LogP contribution is 2.44. The average Bonchev–Trinajstić information content (AvgIpc) is 1.70. The molecule has 143 heavy (non-hydrogen) atoms. The van der Waals surface area contributed by atoms with Crippen molar-refractivity contribution in [2.45, 2.75) is 269 Å². The van der Waals surface area contributed by atoms with Crippen LogP contribution in [0.1, 0.15) is 201 Å². The number of hydrogen-bond acceptors (Lipinski definition) is 21. The molecule has 1 aromatic heterocycles. The Kier molecular flexibility index (Phi) is 37.6. The predicted octanol–water partition coefficient (Wildman–Crippen LogP) is 12.6. The molecule has 7 atom stereocenters. The van der Waals surface area contributed by atoms with E-state index < -0.39 is 165 Å². The average molecular weight is 1980 g/mol. The molecule has 3 heterocycles. The molecule has 33 nitrogen and oxygen atoms in total. The van der Waals surface area contributed by atoms with Gasteiger partial charge in [0.2, 0.25) is 47.3 Å². The molecule has 1 fully saturated rings. The van der Waals surface area contributed by atoms with E-state index in [0.29, 0.717) is 75.4 Å². The molecular formula is C109H136N14O19S. The van der Waals surface area contributed by atoms with Gasteiger partial charge < -0.3 is 85.3 Å². The summed E-state index contributed by atoms with van der Waals surface area (Å²) in [5, 5.41) is 31.3. The van der Waals surface area contributed by atoms with Crippen molar-refractivity contribution >= 4 is 81.5 Å². The molecule has 11 rings (SSSR count). The largest absolute Gasteiger partial charge is 0.488 e. The fraction of sp³-hybridized carbons (Fsp3) is 0.422. The van der Waals surface area contributed by atoms with Gasteiger partial charge in [0.25, 0.3) is 10.0 Å². The first-order chi connectivity index (χ1) is 67.8. The second-order valence-electron chi connectivity index (χ2n) is 39.8. The van der Waals surface area contributed by atoms with E-state index in [0.717, 1.165) is 27.2 Å². The molecule has 9 amide bonds. The highest BCUT2D eigenvalue weighted by molar-refractivity contribution is 7.90. The number of rotatable bonds is 43. The van der Waals surface area contributed by atoms with Gasteiger partial charge in [-0.25, -0.2) is 32.5 Å². The van der Waals surface area contributed by atoms with Gasteiger partial charge in [0, 0.05) is 52.1 Å². The van der Waals surface area contributed by atoms with Crippen LogP contribution in [0.3, 0.4) is 0 Å². The zero-order valence-electron chi connectivity index (χ0n) is 84.2. The number of benzene rings is 8. The number of fused-ring (bicyclic) bond motifs is 1. The minimum Gasteiger partial charge on any atom is -0.488 e. The fourth-order valence-corrected chi connectivity index (χ4v) is 18.9. The summed E-state index contributed by atoms with van der Waals surface area (Å²) in [4.78, 5) is 172. The lowest BCUT2D eigenvalue weighted by molar-refractivity contribution is -0.156. The molecular weight excluding hydrogens is 1840 g/mol. The Bertz CT molecular complexity index is 5920. The summed E-state index contributed by atoms with van der Waals surface area (Å²) in [5.41, 5.74) is 3.25. The number of nitrogens with zero attached hydrogens (tertiary/aromatic N) is 4. The van der Waals surface area contributed by atoms with Crippen LogP contribution in [0.2, 0.25) is 0 Å². The number of sulfonamides is 1. The Balaban J connectivity index is 0.935. The number of esters is 2. The number of imidazole rings is 1. The second kappa shape index (κ2) is 49.3. The van der Waals surface area contributed by atoms with Gasteiger partial charge in [-0.15, -0.1) is 0 Å². The van der Waals surface area contributed by atoms with Crippen LogP contribution >= 0.6 is 0 Å². The normalized spacial score (nSPS) is 14.8. The van der Waals surface area contributed by atoms with Crippen LogP contribution in [0.15, 0.2) is 224 Å². The number of hydrogen-bond donors (Lipinski definition) is 10. The zero-order valence-corrected chi connectivity index (χ0v) is 85.0. The molecule has 10 N–H and O–H groups in total. The summed E-state index contributed by atoms with van der Waals surface area (Å²) in [7, 11) is -3.13. The molecule has 0 spiro atoms. The van der Waals surface area contributed by atoms with E-state index in [1.54, 1.807) is 154 Å². The number of likely N-dealkylation sites (tertiary alicyclic amines) is 1. The van der Waals surface area contributed by atoms with Crippen molar-refractivity contribution in [2.75, 3.05) is 33.2 Å². The van der Waals surface area contributed by atoms with Crippen molar-refractivity contribution < 1.29 is 89.6 Å². The summed E-state index contributed by atoms with van der Waals surface area (Å²) in [6.07, 6.45) is 1.51. The minimum absolute atomic E-state index is 0.00873. The van der Waals surface area contributed by atoms with E-state index in [-0.39, 0.29) is 95.5 Å². The quantitative estimate of drug-likeness (QED) is 0.00424. The topological polar surface area (TPSA) is 434 Å². The number of ether oxygens (including phenoxy) is 6. The maximum Gasteiger partial charge on any atom is 0.410 e. The molecule has 0 radical (unpaired) electrons. The van der Waals surface area contributed by atoms with Crippen LogP contribution in [-0.2, 0) is 117 Å². The molecule has 762 valence electrons. The van der Waals surface area contributed by atoms with Crippen LogP contribution in [0.25, 0.3) is 0 Å². The Morgan fingerprint density at radius 3 is 1.59 bits per heavy atom. The molecule has 2 aliphatic heterocycles. The Morgan fingerprint density at radius 2 is 1.02 bits per heavy atom. The molecule has 8 aromatic carbocycles. The van der Waals surface area contributed by atoms with Gasteiger partial charge in [0.15, 0.2) is 0 Å². The maximum absolute atomic E-state index is 16.3. The van der Waals surface area contributed by atoms with Crippen molar-refractivity contribution in [3.8, 4) is 11.5 Å². The number of likely N-dealkylation sites (N-methyl/N-ethyl adjacent to an activating group) is 1. The highest BCUT2D eigenvalue weighted by atomic mass is 32.2. The number of alkyl carbamates (subject to hydrolysis) is 1. The molecule has 1 saturated heterocycles. The molecule has 9 aromatic rings. The van der Waals surface area contributed by atoms with Crippen LogP contribution in [0.5, 0.6) is 11.5 Å². The second-order valence-corrected chi connectivity index (χ2v) is 41.4. The molecule has 0 unspecified atom stereocenters. The Labute approximate surface area is 837 Å². The number of amides is 9. The van der Waals surface area contributed by atoms with Crippen LogP contribution in [-0.4, -0.2) is 197 Å². The molecule has 0 aliphatic carbocycles. The SMILES string of the molecule is Cc1c(C)c(S(=O)(=O)NC(=N)NCCC[C@H](NC(=O)CN(C)C(=O)OCc2ccccc2)C(=O)N[C@@H](CC(=O)OC(C)(C)C)C(=O)N[C@@H](Cc2ccc(OC(C)(C)C)cc2)C(=O)N[C@@H](CCCCNC(=O)OC(C)(C)C)C(=O)N[C@@H](Cc2cn(C(c3ccccc3)(c3ccccc3)c3ccccc3)cn2)C(=O)N2CCC[C@H]2C(=O)N[C@@H](Cc2ccccc2)C(=O)OCc2ccccc2)c(C)c2c1OC(C)(C)CC2. The van der Waals surface area contributed by atoms with Crippen molar-refractivity contribution in [1.82, 2.24) is 66.6 Å². The molecule has 2 aliphatic rings. The van der Waals surface area contributed by atoms with Gasteiger partial charge in [0.1, 0.15) is 101 Å². The number of carbonyl (C=O) groups excluding carboxylic acids is 11. The Hall–Kier alpha value is -14.4. The monoisotopic (exact) mass is 1980 g/mol. The van der Waals surface area contributed by atoms with Crippen molar-refractivity contribution in [1.29, 1.82) is 5.41 Å². The number of guanidine groups is 1. The van der Waals surface area contributed by atoms with E-state index in [9.17, 15) is 32.4 Å². The molecule has 0 saturated carbocycles. The summed E-state index contributed by atoms with van der Waals surface area (Å²) in [6.45, 7) is 23.4. The summed E-state index contributed by atoms with van der Waals surface area (Å²) >= 11 is 0. The third-order valence-corrected chi connectivity index (χ3v) is 26.0. The van der Waals surface area contributed by atoms with E-state index in [4.69, 9.17) is 38.8 Å². The van der Waals surface area contributed by atoms with Gasteiger partial charge in [-0.2, -0.15) is 0 Å². The summed E-state index contributed by atoms with van der Waals surface area (Å²) in [6, 6.07) is 51.8.